The third kappa shape index (κ3) is 4.67. The zero-order chi connectivity index (χ0) is 13.8. The van der Waals surface area contributed by atoms with Crippen LogP contribution in [-0.2, 0) is 12.0 Å². The van der Waals surface area contributed by atoms with Gasteiger partial charge in [0.15, 0.2) is 0 Å². The number of aromatic nitrogens is 1. The van der Waals surface area contributed by atoms with Crippen molar-refractivity contribution in [3.8, 4) is 0 Å². The molecule has 104 valence electrons. The van der Waals surface area contributed by atoms with Crippen LogP contribution in [0.2, 0.25) is 0 Å². The number of thiazole rings is 1. The van der Waals surface area contributed by atoms with E-state index in [4.69, 9.17) is 5.11 Å². The first-order valence-electron chi connectivity index (χ1n) is 6.63. The summed E-state index contributed by atoms with van der Waals surface area (Å²) in [5, 5.41) is 15.8. The van der Waals surface area contributed by atoms with Crippen molar-refractivity contribution in [1.82, 2.24) is 10.3 Å². The molecule has 0 radical (unpaired) electrons. The molecule has 0 aliphatic heterocycles. The van der Waals surface area contributed by atoms with Crippen LogP contribution in [0.25, 0.3) is 0 Å². The van der Waals surface area contributed by atoms with Crippen molar-refractivity contribution in [3.63, 3.8) is 0 Å². The van der Waals surface area contributed by atoms with Crippen molar-refractivity contribution in [1.29, 1.82) is 0 Å². The Morgan fingerprint density at radius 2 is 2.06 bits per heavy atom. The number of nitrogens with zero attached hydrogens (tertiary/aromatic N) is 1. The topological polar surface area (TPSA) is 45.1 Å². The molecule has 0 saturated carbocycles. The van der Waals surface area contributed by atoms with Crippen molar-refractivity contribution in [2.24, 2.45) is 5.92 Å². The molecule has 2 N–H and O–H groups in total. The van der Waals surface area contributed by atoms with E-state index < -0.39 is 0 Å². The van der Waals surface area contributed by atoms with Crippen LogP contribution >= 0.6 is 11.3 Å². The average Bonchev–Trinajstić information content (AvgIpc) is 2.71. The molecule has 0 fully saturated rings. The zero-order valence-electron chi connectivity index (χ0n) is 12.2. The number of aliphatic hydroxyl groups is 1. The van der Waals surface area contributed by atoms with Crippen LogP contribution in [0, 0.1) is 5.92 Å². The third-order valence-corrected chi connectivity index (χ3v) is 3.93. The van der Waals surface area contributed by atoms with Gasteiger partial charge in [-0.05, 0) is 12.3 Å². The van der Waals surface area contributed by atoms with Gasteiger partial charge in [0.1, 0.15) is 5.01 Å². The summed E-state index contributed by atoms with van der Waals surface area (Å²) < 4.78 is 0. The highest BCUT2D eigenvalue weighted by Gasteiger charge is 2.18. The van der Waals surface area contributed by atoms with Gasteiger partial charge in [0, 0.05) is 30.0 Å². The van der Waals surface area contributed by atoms with Gasteiger partial charge in [0.05, 0.1) is 5.69 Å². The predicted octanol–water partition coefficient (Wildman–Crippen LogP) is 2.94. The smallest absolute Gasteiger partial charge is 0.107 e. The largest absolute Gasteiger partial charge is 0.396 e. The summed E-state index contributed by atoms with van der Waals surface area (Å²) in [6.45, 7) is 11.9. The van der Waals surface area contributed by atoms with Gasteiger partial charge < -0.3 is 10.4 Å². The molecule has 0 aliphatic rings. The SMILES string of the molecule is CC(C)C(CCO)NCc1nc(C(C)(C)C)cs1. The molecule has 1 unspecified atom stereocenters. The number of aliphatic hydroxyl groups excluding tert-OH is 1. The molecule has 1 atom stereocenters. The van der Waals surface area contributed by atoms with E-state index in [1.165, 1.54) is 0 Å². The van der Waals surface area contributed by atoms with Gasteiger partial charge in [-0.25, -0.2) is 4.98 Å². The number of hydrogen-bond donors (Lipinski definition) is 2. The minimum absolute atomic E-state index is 0.122. The fraction of sp³-hybridized carbons (Fsp3) is 0.786. The standard InChI is InChI=1S/C14H26N2OS/c1-10(2)11(6-7-17)15-8-13-16-12(9-18-13)14(3,4)5/h9-11,15,17H,6-8H2,1-5H3. The molecule has 1 aromatic heterocycles. The fourth-order valence-electron chi connectivity index (χ4n) is 1.77. The molecular formula is C14H26N2OS. The van der Waals surface area contributed by atoms with Crippen LogP contribution in [0.15, 0.2) is 5.38 Å². The van der Waals surface area contributed by atoms with E-state index in [9.17, 15) is 0 Å². The molecule has 1 aromatic rings. The van der Waals surface area contributed by atoms with Crippen molar-refractivity contribution >= 4 is 11.3 Å². The van der Waals surface area contributed by atoms with E-state index in [2.05, 4.69) is 50.3 Å². The lowest BCUT2D eigenvalue weighted by molar-refractivity contribution is 0.244. The van der Waals surface area contributed by atoms with Gasteiger partial charge in [-0.15, -0.1) is 11.3 Å². The first-order chi connectivity index (χ1) is 8.34. The Morgan fingerprint density at radius 1 is 1.39 bits per heavy atom. The number of nitrogens with one attached hydrogen (secondary N) is 1. The first-order valence-corrected chi connectivity index (χ1v) is 7.51. The molecule has 0 amide bonds. The lowest BCUT2D eigenvalue weighted by atomic mass is 9.93. The van der Waals surface area contributed by atoms with Crippen LogP contribution < -0.4 is 5.32 Å². The van der Waals surface area contributed by atoms with E-state index >= 15 is 0 Å². The highest BCUT2D eigenvalue weighted by molar-refractivity contribution is 7.09. The first kappa shape index (κ1) is 15.6. The van der Waals surface area contributed by atoms with Crippen molar-refractivity contribution in [3.05, 3.63) is 16.1 Å². The maximum absolute atomic E-state index is 9.04. The van der Waals surface area contributed by atoms with Gasteiger partial charge in [0.2, 0.25) is 0 Å². The summed E-state index contributed by atoms with van der Waals surface area (Å²) in [5.74, 6) is 0.527. The second-order valence-electron chi connectivity index (χ2n) is 6.12. The third-order valence-electron chi connectivity index (χ3n) is 3.08. The molecular weight excluding hydrogens is 244 g/mol. The lowest BCUT2D eigenvalue weighted by Crippen LogP contribution is -2.34. The van der Waals surface area contributed by atoms with Gasteiger partial charge in [0.25, 0.3) is 0 Å². The molecule has 18 heavy (non-hydrogen) atoms. The second-order valence-corrected chi connectivity index (χ2v) is 7.06. The molecule has 1 heterocycles. The normalized spacial score (nSPS) is 14.2. The Balaban J connectivity index is 2.55. The Bertz CT molecular complexity index is 355. The summed E-state index contributed by atoms with van der Waals surface area (Å²) in [6.07, 6.45) is 0.801. The van der Waals surface area contributed by atoms with Gasteiger partial charge >= 0.3 is 0 Å². The Hall–Kier alpha value is -0.450. The molecule has 0 aliphatic carbocycles. The molecule has 4 heteroatoms. The van der Waals surface area contributed by atoms with E-state index in [-0.39, 0.29) is 12.0 Å². The molecule has 0 spiro atoms. The summed E-state index contributed by atoms with van der Waals surface area (Å²) in [6, 6.07) is 0.358. The quantitative estimate of drug-likeness (QED) is 0.835. The Labute approximate surface area is 115 Å². The Morgan fingerprint density at radius 3 is 2.50 bits per heavy atom. The van der Waals surface area contributed by atoms with Crippen LogP contribution in [0.5, 0.6) is 0 Å². The van der Waals surface area contributed by atoms with E-state index in [0.29, 0.717) is 12.0 Å². The number of rotatable bonds is 6. The number of hydrogen-bond acceptors (Lipinski definition) is 4. The Kier molecular flexibility index (Phi) is 5.76. The summed E-state index contributed by atoms with van der Waals surface area (Å²) in [4.78, 5) is 4.67. The molecule has 0 bridgehead atoms. The van der Waals surface area contributed by atoms with E-state index in [1.807, 2.05) is 0 Å². The predicted molar refractivity (Wildman–Crippen MR) is 78.0 cm³/mol. The highest BCUT2D eigenvalue weighted by atomic mass is 32.1. The van der Waals surface area contributed by atoms with Gasteiger partial charge in [-0.2, -0.15) is 0 Å². The van der Waals surface area contributed by atoms with Crippen LogP contribution in [0.3, 0.4) is 0 Å². The minimum Gasteiger partial charge on any atom is -0.396 e. The summed E-state index contributed by atoms with van der Waals surface area (Å²) >= 11 is 1.71. The maximum atomic E-state index is 9.04. The van der Waals surface area contributed by atoms with Crippen LogP contribution in [0.1, 0.15) is 51.7 Å². The summed E-state index contributed by atoms with van der Waals surface area (Å²) in [5.41, 5.74) is 1.28. The second kappa shape index (κ2) is 6.64. The van der Waals surface area contributed by atoms with Crippen molar-refractivity contribution in [2.75, 3.05) is 6.61 Å². The van der Waals surface area contributed by atoms with E-state index in [0.717, 1.165) is 23.7 Å². The lowest BCUT2D eigenvalue weighted by Gasteiger charge is -2.21. The van der Waals surface area contributed by atoms with Gasteiger partial charge in [-0.3, -0.25) is 0 Å². The zero-order valence-corrected chi connectivity index (χ0v) is 13.0. The molecule has 0 aromatic carbocycles. The molecule has 0 saturated heterocycles. The van der Waals surface area contributed by atoms with Crippen molar-refractivity contribution in [2.45, 2.75) is 59.0 Å². The van der Waals surface area contributed by atoms with Crippen molar-refractivity contribution < 1.29 is 5.11 Å². The molecule has 3 nitrogen and oxygen atoms in total. The average molecular weight is 270 g/mol. The maximum Gasteiger partial charge on any atom is 0.107 e. The summed E-state index contributed by atoms with van der Waals surface area (Å²) in [7, 11) is 0. The van der Waals surface area contributed by atoms with Crippen LogP contribution in [-0.4, -0.2) is 22.7 Å². The minimum atomic E-state index is 0.122. The highest BCUT2D eigenvalue weighted by Crippen LogP contribution is 2.23. The fourth-order valence-corrected chi connectivity index (χ4v) is 2.74. The molecule has 1 rings (SSSR count). The van der Waals surface area contributed by atoms with E-state index in [1.54, 1.807) is 11.3 Å². The van der Waals surface area contributed by atoms with Crippen LogP contribution in [0.4, 0.5) is 0 Å². The monoisotopic (exact) mass is 270 g/mol. The van der Waals surface area contributed by atoms with Gasteiger partial charge in [-0.1, -0.05) is 34.6 Å².